The first-order valence-corrected chi connectivity index (χ1v) is 7.31. The van der Waals surface area contributed by atoms with Crippen molar-refractivity contribution in [2.24, 2.45) is 11.3 Å². The van der Waals surface area contributed by atoms with E-state index < -0.39 is 11.4 Å². The quantitative estimate of drug-likeness (QED) is 0.714. The van der Waals surface area contributed by atoms with Gasteiger partial charge in [0.15, 0.2) is 0 Å². The van der Waals surface area contributed by atoms with Crippen LogP contribution in [0.5, 0.6) is 0 Å². The van der Waals surface area contributed by atoms with Crippen LogP contribution in [0, 0.1) is 11.3 Å². The highest BCUT2D eigenvalue weighted by atomic mass is 16.4. The predicted octanol–water partition coefficient (Wildman–Crippen LogP) is 2.12. The molecule has 0 spiro atoms. The summed E-state index contributed by atoms with van der Waals surface area (Å²) in [5, 5.41) is 14.7. The molecule has 1 atom stereocenters. The molecule has 0 aliphatic heterocycles. The van der Waals surface area contributed by atoms with Crippen LogP contribution in [-0.2, 0) is 4.79 Å². The van der Waals surface area contributed by atoms with Crippen LogP contribution >= 0.6 is 0 Å². The van der Waals surface area contributed by atoms with Gasteiger partial charge in [-0.05, 0) is 38.5 Å². The van der Waals surface area contributed by atoms with Crippen molar-refractivity contribution in [2.75, 3.05) is 6.54 Å². The number of carboxylic acids is 1. The number of rotatable bonds is 5. The Hall–Kier alpha value is -1.26. The molecule has 19 heavy (non-hydrogen) atoms. The summed E-state index contributed by atoms with van der Waals surface area (Å²) in [7, 11) is 0. The van der Waals surface area contributed by atoms with Crippen LogP contribution in [0.3, 0.4) is 0 Å². The zero-order valence-electron chi connectivity index (χ0n) is 11.6. The maximum absolute atomic E-state index is 11.8. The summed E-state index contributed by atoms with van der Waals surface area (Å²) in [5.74, 6) is -0.234. The molecule has 108 valence electrons. The average molecular weight is 268 g/mol. The second-order valence-corrected chi connectivity index (χ2v) is 6.10. The molecule has 0 aromatic carbocycles. The number of aliphatic carboxylic acids is 1. The van der Waals surface area contributed by atoms with Crippen molar-refractivity contribution in [1.29, 1.82) is 0 Å². The number of carbonyl (C=O) groups excluding carboxylic acids is 1. The maximum Gasteiger partial charge on any atom is 0.315 e. The van der Waals surface area contributed by atoms with Gasteiger partial charge in [-0.3, -0.25) is 4.79 Å². The van der Waals surface area contributed by atoms with Crippen molar-refractivity contribution in [2.45, 2.75) is 57.9 Å². The summed E-state index contributed by atoms with van der Waals surface area (Å²) < 4.78 is 0. The maximum atomic E-state index is 11.8. The fraction of sp³-hybridized carbons (Fsp3) is 0.857. The fourth-order valence-electron chi connectivity index (χ4n) is 2.88. The first-order valence-electron chi connectivity index (χ1n) is 7.31. The van der Waals surface area contributed by atoms with Crippen LogP contribution in [-0.4, -0.2) is 29.7 Å². The topological polar surface area (TPSA) is 78.4 Å². The fourth-order valence-corrected chi connectivity index (χ4v) is 2.88. The molecular formula is C14H24N2O3. The van der Waals surface area contributed by atoms with E-state index in [-0.39, 0.29) is 18.6 Å². The van der Waals surface area contributed by atoms with Gasteiger partial charge in [-0.15, -0.1) is 0 Å². The first-order chi connectivity index (χ1) is 9.03. The molecule has 0 heterocycles. The molecule has 2 amide bonds. The Kier molecular flexibility index (Phi) is 4.32. The second kappa shape index (κ2) is 5.80. The van der Waals surface area contributed by atoms with Gasteiger partial charge in [-0.25, -0.2) is 4.79 Å². The van der Waals surface area contributed by atoms with Gasteiger partial charge in [-0.1, -0.05) is 19.3 Å². The highest BCUT2D eigenvalue weighted by Gasteiger charge is 2.50. The number of nitrogens with one attached hydrogen (secondary N) is 2. The largest absolute Gasteiger partial charge is 0.481 e. The molecule has 2 saturated carbocycles. The summed E-state index contributed by atoms with van der Waals surface area (Å²) >= 11 is 0. The van der Waals surface area contributed by atoms with Gasteiger partial charge in [0.05, 0.1) is 5.41 Å². The van der Waals surface area contributed by atoms with Gasteiger partial charge in [0.1, 0.15) is 0 Å². The Labute approximate surface area is 114 Å². The summed E-state index contributed by atoms with van der Waals surface area (Å²) in [6, 6.07) is -0.0640. The van der Waals surface area contributed by atoms with Crippen LogP contribution in [0.25, 0.3) is 0 Å². The molecule has 0 saturated heterocycles. The Morgan fingerprint density at radius 2 is 1.89 bits per heavy atom. The number of urea groups is 1. The SMILES string of the molecule is CC(NC(=O)NCC1(C(=O)O)CC1)C1CCCCC1. The van der Waals surface area contributed by atoms with Gasteiger partial charge in [0.2, 0.25) is 0 Å². The standard InChI is InChI=1S/C14H24N2O3/c1-10(11-5-3-2-4-6-11)16-13(19)15-9-14(7-8-14)12(17)18/h10-11H,2-9H2,1H3,(H,17,18)(H2,15,16,19). The zero-order chi connectivity index (χ0) is 13.9. The lowest BCUT2D eigenvalue weighted by Crippen LogP contribution is -2.46. The summed E-state index contributed by atoms with van der Waals surface area (Å²) in [4.78, 5) is 22.8. The summed E-state index contributed by atoms with van der Waals surface area (Å²) in [5.41, 5.74) is -0.689. The van der Waals surface area contributed by atoms with E-state index in [1.54, 1.807) is 0 Å². The van der Waals surface area contributed by atoms with Crippen molar-refractivity contribution < 1.29 is 14.7 Å². The number of hydrogen-bond acceptors (Lipinski definition) is 2. The third-order valence-electron chi connectivity index (χ3n) is 4.61. The smallest absolute Gasteiger partial charge is 0.315 e. The Morgan fingerprint density at radius 3 is 2.42 bits per heavy atom. The van der Waals surface area contributed by atoms with E-state index >= 15 is 0 Å². The van der Waals surface area contributed by atoms with Crippen molar-refractivity contribution >= 4 is 12.0 Å². The molecule has 2 aliphatic rings. The van der Waals surface area contributed by atoms with E-state index in [0.717, 1.165) is 0 Å². The molecule has 3 N–H and O–H groups in total. The van der Waals surface area contributed by atoms with Crippen molar-refractivity contribution in [3.8, 4) is 0 Å². The van der Waals surface area contributed by atoms with Gasteiger partial charge < -0.3 is 15.7 Å². The molecule has 2 fully saturated rings. The molecule has 0 aromatic rings. The van der Waals surface area contributed by atoms with Gasteiger partial charge >= 0.3 is 12.0 Å². The van der Waals surface area contributed by atoms with E-state index in [4.69, 9.17) is 5.11 Å². The number of amides is 2. The van der Waals surface area contributed by atoms with E-state index in [1.165, 1.54) is 32.1 Å². The molecule has 5 nitrogen and oxygen atoms in total. The van der Waals surface area contributed by atoms with Gasteiger partial charge in [0, 0.05) is 12.6 Å². The van der Waals surface area contributed by atoms with Gasteiger partial charge in [0.25, 0.3) is 0 Å². The van der Waals surface area contributed by atoms with Crippen LogP contribution in [0.1, 0.15) is 51.9 Å². The van der Waals surface area contributed by atoms with Crippen LogP contribution in [0.2, 0.25) is 0 Å². The normalized spacial score (nSPS) is 23.4. The predicted molar refractivity (Wildman–Crippen MR) is 71.9 cm³/mol. The average Bonchev–Trinajstić information content (AvgIpc) is 3.18. The van der Waals surface area contributed by atoms with Crippen molar-refractivity contribution in [3.63, 3.8) is 0 Å². The zero-order valence-corrected chi connectivity index (χ0v) is 11.6. The summed E-state index contributed by atoms with van der Waals surface area (Å²) in [6.45, 7) is 2.28. The Balaban J connectivity index is 1.70. The molecular weight excluding hydrogens is 244 g/mol. The minimum Gasteiger partial charge on any atom is -0.481 e. The Morgan fingerprint density at radius 1 is 1.26 bits per heavy atom. The van der Waals surface area contributed by atoms with E-state index in [9.17, 15) is 9.59 Å². The lowest BCUT2D eigenvalue weighted by molar-refractivity contribution is -0.143. The minimum absolute atomic E-state index is 0.167. The Bertz CT molecular complexity index is 347. The monoisotopic (exact) mass is 268 g/mol. The van der Waals surface area contributed by atoms with E-state index in [1.807, 2.05) is 6.92 Å². The first kappa shape index (κ1) is 14.2. The van der Waals surface area contributed by atoms with Gasteiger partial charge in [-0.2, -0.15) is 0 Å². The third kappa shape index (κ3) is 3.61. The molecule has 0 aromatic heterocycles. The van der Waals surface area contributed by atoms with Crippen molar-refractivity contribution in [3.05, 3.63) is 0 Å². The third-order valence-corrected chi connectivity index (χ3v) is 4.61. The molecule has 0 bridgehead atoms. The molecule has 2 aliphatic carbocycles. The second-order valence-electron chi connectivity index (χ2n) is 6.10. The van der Waals surface area contributed by atoms with Crippen LogP contribution in [0.15, 0.2) is 0 Å². The molecule has 5 heteroatoms. The number of carboxylic acid groups (broad SMARTS) is 1. The van der Waals surface area contributed by atoms with E-state index in [2.05, 4.69) is 10.6 Å². The number of carbonyl (C=O) groups is 2. The summed E-state index contributed by atoms with van der Waals surface area (Å²) in [6.07, 6.45) is 7.50. The lowest BCUT2D eigenvalue weighted by atomic mass is 9.85. The highest BCUT2D eigenvalue weighted by Crippen LogP contribution is 2.45. The van der Waals surface area contributed by atoms with Crippen molar-refractivity contribution in [1.82, 2.24) is 10.6 Å². The molecule has 0 radical (unpaired) electrons. The van der Waals surface area contributed by atoms with Crippen LogP contribution in [0.4, 0.5) is 4.79 Å². The molecule has 2 rings (SSSR count). The number of hydrogen-bond donors (Lipinski definition) is 3. The highest BCUT2D eigenvalue weighted by molar-refractivity contribution is 5.80. The molecule has 1 unspecified atom stereocenters. The van der Waals surface area contributed by atoms with Crippen LogP contribution < -0.4 is 10.6 Å². The van der Waals surface area contributed by atoms with E-state index in [0.29, 0.717) is 18.8 Å². The lowest BCUT2D eigenvalue weighted by Gasteiger charge is -2.28. The minimum atomic E-state index is -0.798.